The Bertz CT molecular complexity index is 390. The Labute approximate surface area is 115 Å². The molecule has 1 nitrogen and oxygen atoms in total. The third kappa shape index (κ3) is 2.98. The second-order valence-corrected chi connectivity index (χ2v) is 5.99. The highest BCUT2D eigenvalue weighted by Crippen LogP contribution is 2.47. The summed E-state index contributed by atoms with van der Waals surface area (Å²) in [7, 11) is 2.18. The Morgan fingerprint density at radius 2 is 2.06 bits per heavy atom. The van der Waals surface area contributed by atoms with E-state index >= 15 is 0 Å². The molecule has 0 saturated heterocycles. The lowest BCUT2D eigenvalue weighted by molar-refractivity contribution is 0.219. The first-order valence-electron chi connectivity index (χ1n) is 6.13. The van der Waals surface area contributed by atoms with Crippen molar-refractivity contribution in [2.75, 3.05) is 19.3 Å². The van der Waals surface area contributed by atoms with Gasteiger partial charge in [-0.15, -0.1) is 0 Å². The van der Waals surface area contributed by atoms with Crippen molar-refractivity contribution in [1.29, 1.82) is 0 Å². The number of hydrogen-bond acceptors (Lipinski definition) is 2. The number of halogens is 1. The quantitative estimate of drug-likeness (QED) is 0.790. The average Bonchev–Trinajstić information content (AvgIpc) is 3.09. The van der Waals surface area contributed by atoms with Crippen molar-refractivity contribution in [3.63, 3.8) is 0 Å². The highest BCUT2D eigenvalue weighted by Gasteiger charge is 2.42. The minimum atomic E-state index is 0.362. The van der Waals surface area contributed by atoms with E-state index in [1.54, 1.807) is 0 Å². The third-order valence-electron chi connectivity index (χ3n) is 3.89. The van der Waals surface area contributed by atoms with Gasteiger partial charge < -0.3 is 0 Å². The topological polar surface area (TPSA) is 3.24 Å². The largest absolute Gasteiger partial charge is 0.299 e. The van der Waals surface area contributed by atoms with Crippen LogP contribution < -0.4 is 0 Å². The van der Waals surface area contributed by atoms with Gasteiger partial charge in [-0.2, -0.15) is 12.6 Å². The summed E-state index contributed by atoms with van der Waals surface area (Å²) in [6.07, 6.45) is 2.63. The molecule has 0 radical (unpaired) electrons. The molecule has 1 saturated carbocycles. The predicted octanol–water partition coefficient (Wildman–Crippen LogP) is 4.04. The predicted molar refractivity (Wildman–Crippen MR) is 78.0 cm³/mol. The summed E-state index contributed by atoms with van der Waals surface area (Å²) in [5.41, 5.74) is 1.68. The molecular formula is C14H20ClNS. The first-order valence-corrected chi connectivity index (χ1v) is 7.14. The molecule has 0 bridgehead atoms. The average molecular weight is 270 g/mol. The van der Waals surface area contributed by atoms with E-state index < -0.39 is 0 Å². The molecule has 0 amide bonds. The summed E-state index contributed by atoms with van der Waals surface area (Å²) >= 11 is 10.7. The van der Waals surface area contributed by atoms with Gasteiger partial charge in [-0.25, -0.2) is 0 Å². The molecule has 0 spiro atoms. The van der Waals surface area contributed by atoms with Crippen LogP contribution in [0.15, 0.2) is 24.3 Å². The fraction of sp³-hybridized carbons (Fsp3) is 0.571. The standard InChI is InChI=1S/C14H20ClNS/c1-11(12-5-3-4-6-13(12)15)16(2)9-14(10-17)7-8-14/h3-6,11,17H,7-10H2,1-2H3. The second-order valence-electron chi connectivity index (χ2n) is 5.27. The minimum absolute atomic E-state index is 0.362. The van der Waals surface area contributed by atoms with E-state index in [1.807, 2.05) is 12.1 Å². The van der Waals surface area contributed by atoms with E-state index in [-0.39, 0.29) is 0 Å². The van der Waals surface area contributed by atoms with Gasteiger partial charge in [0, 0.05) is 17.6 Å². The van der Waals surface area contributed by atoms with E-state index in [9.17, 15) is 0 Å². The lowest BCUT2D eigenvalue weighted by Crippen LogP contribution is -2.30. The molecule has 0 N–H and O–H groups in total. The molecule has 94 valence electrons. The molecule has 1 unspecified atom stereocenters. The summed E-state index contributed by atoms with van der Waals surface area (Å²) < 4.78 is 0. The lowest BCUT2D eigenvalue weighted by atomic mass is 10.0. The van der Waals surface area contributed by atoms with Gasteiger partial charge in [0.1, 0.15) is 0 Å². The smallest absolute Gasteiger partial charge is 0.0453 e. The van der Waals surface area contributed by atoms with Crippen LogP contribution in [-0.4, -0.2) is 24.2 Å². The van der Waals surface area contributed by atoms with Gasteiger partial charge in [0.25, 0.3) is 0 Å². The van der Waals surface area contributed by atoms with Crippen LogP contribution in [0.25, 0.3) is 0 Å². The normalized spacial score (nSPS) is 19.4. The maximum absolute atomic E-state index is 6.24. The summed E-state index contributed by atoms with van der Waals surface area (Å²) in [5, 5.41) is 0.863. The SMILES string of the molecule is CC(c1ccccc1Cl)N(C)CC1(CS)CC1. The van der Waals surface area contributed by atoms with Crippen LogP contribution in [-0.2, 0) is 0 Å². The first-order chi connectivity index (χ1) is 8.08. The molecule has 1 aliphatic rings. The zero-order valence-corrected chi connectivity index (χ0v) is 12.1. The Morgan fingerprint density at radius 3 is 2.59 bits per heavy atom. The van der Waals surface area contributed by atoms with Crippen LogP contribution in [0.2, 0.25) is 5.02 Å². The Balaban J connectivity index is 2.04. The van der Waals surface area contributed by atoms with Crippen LogP contribution in [0.4, 0.5) is 0 Å². The van der Waals surface area contributed by atoms with Crippen molar-refractivity contribution in [3.05, 3.63) is 34.9 Å². The van der Waals surface area contributed by atoms with E-state index in [2.05, 4.69) is 43.6 Å². The van der Waals surface area contributed by atoms with E-state index in [0.717, 1.165) is 17.3 Å². The van der Waals surface area contributed by atoms with Gasteiger partial charge >= 0.3 is 0 Å². The maximum atomic E-state index is 6.24. The van der Waals surface area contributed by atoms with Crippen molar-refractivity contribution < 1.29 is 0 Å². The molecule has 2 rings (SSSR count). The molecule has 1 fully saturated rings. The van der Waals surface area contributed by atoms with Gasteiger partial charge in [0.15, 0.2) is 0 Å². The summed E-state index contributed by atoms with van der Waals surface area (Å²) in [6, 6.07) is 8.48. The summed E-state index contributed by atoms with van der Waals surface area (Å²) in [4.78, 5) is 2.39. The summed E-state index contributed by atoms with van der Waals surface area (Å²) in [5.74, 6) is 0.993. The molecule has 3 heteroatoms. The number of nitrogens with zero attached hydrogens (tertiary/aromatic N) is 1. The molecule has 0 heterocycles. The molecule has 0 aromatic heterocycles. The van der Waals surface area contributed by atoms with Crippen molar-refractivity contribution in [2.24, 2.45) is 5.41 Å². The Kier molecular flexibility index (Phi) is 4.06. The van der Waals surface area contributed by atoms with Gasteiger partial charge in [0.2, 0.25) is 0 Å². The van der Waals surface area contributed by atoms with Crippen molar-refractivity contribution in [2.45, 2.75) is 25.8 Å². The zero-order chi connectivity index (χ0) is 12.5. The number of benzene rings is 1. The van der Waals surface area contributed by atoms with Crippen molar-refractivity contribution >= 4 is 24.2 Å². The number of hydrogen-bond donors (Lipinski definition) is 1. The van der Waals surface area contributed by atoms with Crippen molar-refractivity contribution in [1.82, 2.24) is 4.90 Å². The Hall–Kier alpha value is -0.180. The van der Waals surface area contributed by atoms with Crippen LogP contribution in [0.5, 0.6) is 0 Å². The second kappa shape index (κ2) is 5.21. The van der Waals surface area contributed by atoms with Gasteiger partial charge in [0.05, 0.1) is 0 Å². The van der Waals surface area contributed by atoms with Crippen molar-refractivity contribution in [3.8, 4) is 0 Å². The van der Waals surface area contributed by atoms with Gasteiger partial charge in [-0.1, -0.05) is 29.8 Å². The first kappa shape index (κ1) is 13.3. The Morgan fingerprint density at radius 1 is 1.41 bits per heavy atom. The lowest BCUT2D eigenvalue weighted by Gasteiger charge is -2.29. The number of thiol groups is 1. The van der Waals surface area contributed by atoms with E-state index in [4.69, 9.17) is 11.6 Å². The maximum Gasteiger partial charge on any atom is 0.0453 e. The highest BCUT2D eigenvalue weighted by molar-refractivity contribution is 7.80. The fourth-order valence-electron chi connectivity index (χ4n) is 2.26. The summed E-state index contributed by atoms with van der Waals surface area (Å²) in [6.45, 7) is 3.33. The zero-order valence-electron chi connectivity index (χ0n) is 10.5. The fourth-order valence-corrected chi connectivity index (χ4v) is 2.97. The van der Waals surface area contributed by atoms with Crippen LogP contribution in [0, 0.1) is 5.41 Å². The molecule has 1 atom stereocenters. The van der Waals surface area contributed by atoms with E-state index in [1.165, 1.54) is 18.4 Å². The molecule has 1 aromatic carbocycles. The number of rotatable bonds is 5. The van der Waals surface area contributed by atoms with Crippen LogP contribution in [0.3, 0.4) is 0 Å². The van der Waals surface area contributed by atoms with Crippen LogP contribution in [0.1, 0.15) is 31.4 Å². The minimum Gasteiger partial charge on any atom is -0.299 e. The van der Waals surface area contributed by atoms with Gasteiger partial charge in [-0.05, 0) is 49.6 Å². The van der Waals surface area contributed by atoms with E-state index in [0.29, 0.717) is 11.5 Å². The third-order valence-corrected chi connectivity index (χ3v) is 4.91. The molecule has 1 aromatic rings. The molecule has 17 heavy (non-hydrogen) atoms. The monoisotopic (exact) mass is 269 g/mol. The van der Waals surface area contributed by atoms with Crippen LogP contribution >= 0.6 is 24.2 Å². The van der Waals surface area contributed by atoms with Gasteiger partial charge in [-0.3, -0.25) is 4.90 Å². The molecular weight excluding hydrogens is 250 g/mol. The molecule has 1 aliphatic carbocycles. The highest BCUT2D eigenvalue weighted by atomic mass is 35.5. The molecule has 0 aliphatic heterocycles.